The Morgan fingerprint density at radius 1 is 1.32 bits per heavy atom. The average molecular weight is 278 g/mol. The van der Waals surface area contributed by atoms with Gasteiger partial charge in [0.2, 0.25) is 0 Å². The van der Waals surface area contributed by atoms with Crippen LogP contribution >= 0.6 is 0 Å². The summed E-state index contributed by atoms with van der Waals surface area (Å²) in [5.74, 6) is 5.06. The van der Waals surface area contributed by atoms with Crippen LogP contribution in [0.3, 0.4) is 0 Å². The summed E-state index contributed by atoms with van der Waals surface area (Å²) in [4.78, 5) is 3.88. The first-order valence-electron chi connectivity index (χ1n) is 5.73. The zero-order valence-corrected chi connectivity index (χ0v) is 10.6. The van der Waals surface area contributed by atoms with Crippen molar-refractivity contribution in [3.8, 4) is 0 Å². The van der Waals surface area contributed by atoms with Crippen molar-refractivity contribution in [2.45, 2.75) is 38.6 Å². The smallest absolute Gasteiger partial charge is 0.393 e. The fourth-order valence-corrected chi connectivity index (χ4v) is 1.67. The van der Waals surface area contributed by atoms with Crippen LogP contribution in [0, 0.1) is 0 Å². The van der Waals surface area contributed by atoms with E-state index in [1.165, 1.54) is 0 Å². The number of rotatable bonds is 5. The number of nitrogens with two attached hydrogens (primary N) is 1. The van der Waals surface area contributed by atoms with Gasteiger partial charge >= 0.3 is 6.18 Å². The van der Waals surface area contributed by atoms with Gasteiger partial charge in [-0.3, -0.25) is 0 Å². The van der Waals surface area contributed by atoms with Gasteiger partial charge in [0.1, 0.15) is 11.6 Å². The number of hydrogen-bond donors (Lipinski definition) is 4. The summed E-state index contributed by atoms with van der Waals surface area (Å²) in [5.41, 5.74) is 1.25. The molecule has 2 atom stereocenters. The highest BCUT2D eigenvalue weighted by molar-refractivity contribution is 5.49. The Hall–Kier alpha value is -1.54. The molecule has 0 amide bonds. The Labute approximate surface area is 109 Å². The molecule has 0 aliphatic carbocycles. The quantitative estimate of drug-likeness (QED) is 0.489. The fourth-order valence-electron chi connectivity index (χ4n) is 1.67. The molecule has 0 aliphatic rings. The summed E-state index contributed by atoms with van der Waals surface area (Å²) in [7, 11) is 0. The number of aromatic nitrogens is 1. The Kier molecular flexibility index (Phi) is 4.96. The zero-order chi connectivity index (χ0) is 14.6. The van der Waals surface area contributed by atoms with Crippen molar-refractivity contribution < 1.29 is 18.3 Å². The van der Waals surface area contributed by atoms with Crippen molar-refractivity contribution in [2.75, 3.05) is 10.7 Å². The maximum absolute atomic E-state index is 12.7. The molecule has 108 valence electrons. The van der Waals surface area contributed by atoms with Crippen molar-refractivity contribution in [1.29, 1.82) is 0 Å². The number of aliphatic hydroxyl groups is 1. The van der Waals surface area contributed by atoms with Gasteiger partial charge in [0, 0.05) is 6.04 Å². The second kappa shape index (κ2) is 6.07. The standard InChI is InChI=1S/C11H17F3N4O/c1-6(3-7(2)19)16-9-4-8(11(12,13)14)5-10(17-9)18-15/h4-7,19H,3,15H2,1-2H3,(H2,16,17,18). The van der Waals surface area contributed by atoms with Gasteiger partial charge < -0.3 is 15.8 Å². The van der Waals surface area contributed by atoms with Crippen LogP contribution in [0.5, 0.6) is 0 Å². The predicted molar refractivity (Wildman–Crippen MR) is 66.4 cm³/mol. The summed E-state index contributed by atoms with van der Waals surface area (Å²) < 4.78 is 38.0. The van der Waals surface area contributed by atoms with Crippen LogP contribution in [0.25, 0.3) is 0 Å². The number of hydrogen-bond acceptors (Lipinski definition) is 5. The summed E-state index contributed by atoms with van der Waals surface area (Å²) in [6, 6.07) is 1.51. The number of nitrogens with one attached hydrogen (secondary N) is 2. The van der Waals surface area contributed by atoms with Crippen LogP contribution in [0.1, 0.15) is 25.8 Å². The van der Waals surface area contributed by atoms with Crippen LogP contribution < -0.4 is 16.6 Å². The number of anilines is 2. The summed E-state index contributed by atoms with van der Waals surface area (Å²) in [6.45, 7) is 3.34. The minimum Gasteiger partial charge on any atom is -0.393 e. The molecule has 8 heteroatoms. The molecule has 0 saturated carbocycles. The Bertz CT molecular complexity index is 423. The third-order valence-electron chi connectivity index (χ3n) is 2.39. The first kappa shape index (κ1) is 15.5. The maximum Gasteiger partial charge on any atom is 0.416 e. The predicted octanol–water partition coefficient (Wildman–Crippen LogP) is 1.96. The zero-order valence-electron chi connectivity index (χ0n) is 10.6. The Morgan fingerprint density at radius 2 is 1.89 bits per heavy atom. The van der Waals surface area contributed by atoms with Crippen molar-refractivity contribution in [3.05, 3.63) is 17.7 Å². The van der Waals surface area contributed by atoms with Crippen LogP contribution in [-0.4, -0.2) is 22.2 Å². The lowest BCUT2D eigenvalue weighted by molar-refractivity contribution is -0.137. The molecule has 5 N–H and O–H groups in total. The van der Waals surface area contributed by atoms with E-state index in [0.717, 1.165) is 12.1 Å². The summed E-state index contributed by atoms with van der Waals surface area (Å²) in [5, 5.41) is 12.0. The highest BCUT2D eigenvalue weighted by Crippen LogP contribution is 2.32. The lowest BCUT2D eigenvalue weighted by Gasteiger charge is -2.18. The molecule has 0 spiro atoms. The normalized spacial score (nSPS) is 14.9. The van der Waals surface area contributed by atoms with E-state index < -0.39 is 17.8 Å². The molecule has 1 heterocycles. The van der Waals surface area contributed by atoms with Gasteiger partial charge in [-0.2, -0.15) is 13.2 Å². The number of nitrogen functional groups attached to an aromatic ring is 1. The molecule has 1 aromatic rings. The van der Waals surface area contributed by atoms with Gasteiger partial charge in [-0.05, 0) is 32.4 Å². The van der Waals surface area contributed by atoms with Crippen molar-refractivity contribution in [1.82, 2.24) is 4.98 Å². The van der Waals surface area contributed by atoms with E-state index in [0.29, 0.717) is 6.42 Å². The van der Waals surface area contributed by atoms with Crippen molar-refractivity contribution in [2.24, 2.45) is 5.84 Å². The van der Waals surface area contributed by atoms with E-state index in [-0.39, 0.29) is 17.7 Å². The van der Waals surface area contributed by atoms with Gasteiger partial charge in [-0.25, -0.2) is 10.8 Å². The second-order valence-corrected chi connectivity index (χ2v) is 4.40. The maximum atomic E-state index is 12.7. The molecule has 0 radical (unpaired) electrons. The van der Waals surface area contributed by atoms with E-state index in [1.54, 1.807) is 13.8 Å². The third-order valence-corrected chi connectivity index (χ3v) is 2.39. The van der Waals surface area contributed by atoms with Gasteiger partial charge in [-0.1, -0.05) is 0 Å². The van der Waals surface area contributed by atoms with Gasteiger partial charge in [0.15, 0.2) is 0 Å². The average Bonchev–Trinajstić information content (AvgIpc) is 2.25. The van der Waals surface area contributed by atoms with E-state index in [1.807, 2.05) is 0 Å². The molecule has 5 nitrogen and oxygen atoms in total. The van der Waals surface area contributed by atoms with Crippen molar-refractivity contribution >= 4 is 11.6 Å². The third kappa shape index (κ3) is 4.92. The minimum atomic E-state index is -4.47. The first-order chi connectivity index (χ1) is 8.72. The molecule has 19 heavy (non-hydrogen) atoms. The lowest BCUT2D eigenvalue weighted by Crippen LogP contribution is -2.22. The van der Waals surface area contributed by atoms with E-state index in [4.69, 9.17) is 5.84 Å². The molecule has 2 unspecified atom stereocenters. The molecular weight excluding hydrogens is 261 g/mol. The number of alkyl halides is 3. The van der Waals surface area contributed by atoms with Crippen LogP contribution in [0.4, 0.5) is 24.8 Å². The molecule has 0 aromatic carbocycles. The second-order valence-electron chi connectivity index (χ2n) is 4.40. The number of halogens is 3. The highest BCUT2D eigenvalue weighted by Gasteiger charge is 2.31. The molecule has 1 aromatic heterocycles. The SMILES string of the molecule is CC(O)CC(C)Nc1cc(C(F)(F)F)cc(NN)n1. The highest BCUT2D eigenvalue weighted by atomic mass is 19.4. The van der Waals surface area contributed by atoms with Gasteiger partial charge in [0.05, 0.1) is 11.7 Å². The molecular formula is C11H17F3N4O. The molecule has 0 aliphatic heterocycles. The van der Waals surface area contributed by atoms with Crippen molar-refractivity contribution in [3.63, 3.8) is 0 Å². The number of aliphatic hydroxyl groups excluding tert-OH is 1. The van der Waals surface area contributed by atoms with Crippen LogP contribution in [0.15, 0.2) is 12.1 Å². The molecule has 0 fully saturated rings. The topological polar surface area (TPSA) is 83.2 Å². The number of pyridine rings is 1. The van der Waals surface area contributed by atoms with Crippen LogP contribution in [-0.2, 0) is 6.18 Å². The van der Waals surface area contributed by atoms with E-state index in [2.05, 4.69) is 15.7 Å². The number of nitrogens with zero attached hydrogens (tertiary/aromatic N) is 1. The van der Waals surface area contributed by atoms with Crippen LogP contribution in [0.2, 0.25) is 0 Å². The molecule has 0 bridgehead atoms. The summed E-state index contributed by atoms with van der Waals surface area (Å²) in [6.07, 6.45) is -4.64. The van der Waals surface area contributed by atoms with Gasteiger partial charge in [-0.15, -0.1) is 0 Å². The molecule has 0 saturated heterocycles. The fraction of sp³-hybridized carbons (Fsp3) is 0.545. The number of hydrazine groups is 1. The molecule has 1 rings (SSSR count). The van der Waals surface area contributed by atoms with Gasteiger partial charge in [0.25, 0.3) is 0 Å². The Balaban J connectivity index is 2.94. The monoisotopic (exact) mass is 278 g/mol. The summed E-state index contributed by atoms with van der Waals surface area (Å²) >= 11 is 0. The Morgan fingerprint density at radius 3 is 2.37 bits per heavy atom. The lowest BCUT2D eigenvalue weighted by atomic mass is 10.1. The van der Waals surface area contributed by atoms with E-state index in [9.17, 15) is 18.3 Å². The first-order valence-corrected chi connectivity index (χ1v) is 5.73. The van der Waals surface area contributed by atoms with E-state index >= 15 is 0 Å². The minimum absolute atomic E-state index is 0.0518. The largest absolute Gasteiger partial charge is 0.416 e.